The standard InChI is InChI=1S/C22H21ClN2O4/c1-22(14-24,16-8-9-16)25-20(26)13-29-21(27)18-4-2-3-5-19(18)28-12-15-6-10-17(23)11-7-15/h2-7,10-11,16H,8-9,12-13H2,1H3,(H,25,26)/t22-/m0/s1. The van der Waals surface area contributed by atoms with Gasteiger partial charge in [0.1, 0.15) is 23.5 Å². The van der Waals surface area contributed by atoms with Crippen LogP contribution in [-0.4, -0.2) is 24.0 Å². The Labute approximate surface area is 174 Å². The summed E-state index contributed by atoms with van der Waals surface area (Å²) in [5, 5.41) is 12.6. The number of carbonyl (C=O) groups excluding carboxylic acids is 2. The van der Waals surface area contributed by atoms with E-state index in [2.05, 4.69) is 11.4 Å². The zero-order valence-corrected chi connectivity index (χ0v) is 16.7. The Hall–Kier alpha value is -3.04. The van der Waals surface area contributed by atoms with Crippen LogP contribution in [0.2, 0.25) is 5.02 Å². The predicted octanol–water partition coefficient (Wildman–Crippen LogP) is 3.88. The molecule has 0 bridgehead atoms. The number of carbonyl (C=O) groups is 2. The monoisotopic (exact) mass is 412 g/mol. The van der Waals surface area contributed by atoms with Crippen LogP contribution in [0.25, 0.3) is 0 Å². The number of halogens is 1. The SMILES string of the molecule is C[C@@](C#N)(NC(=O)COC(=O)c1ccccc1OCc1ccc(Cl)cc1)C1CC1. The Balaban J connectivity index is 1.57. The highest BCUT2D eigenvalue weighted by molar-refractivity contribution is 6.30. The lowest BCUT2D eigenvalue weighted by Crippen LogP contribution is -2.48. The summed E-state index contributed by atoms with van der Waals surface area (Å²) < 4.78 is 10.9. The van der Waals surface area contributed by atoms with Gasteiger partial charge in [-0.1, -0.05) is 35.9 Å². The third-order valence-electron chi connectivity index (χ3n) is 4.77. The maximum absolute atomic E-state index is 12.4. The molecule has 1 fully saturated rings. The fourth-order valence-corrected chi connectivity index (χ4v) is 3.05. The minimum atomic E-state index is -0.927. The van der Waals surface area contributed by atoms with Crippen molar-refractivity contribution in [3.8, 4) is 11.8 Å². The molecule has 0 aromatic heterocycles. The van der Waals surface area contributed by atoms with Gasteiger partial charge in [-0.25, -0.2) is 4.79 Å². The highest BCUT2D eigenvalue weighted by Crippen LogP contribution is 2.39. The second-order valence-corrected chi connectivity index (χ2v) is 7.56. The lowest BCUT2D eigenvalue weighted by Gasteiger charge is -2.22. The Morgan fingerprint density at radius 2 is 1.90 bits per heavy atom. The van der Waals surface area contributed by atoms with Crippen LogP contribution in [0.3, 0.4) is 0 Å². The molecule has 0 heterocycles. The van der Waals surface area contributed by atoms with Crippen LogP contribution in [0.4, 0.5) is 0 Å². The minimum Gasteiger partial charge on any atom is -0.488 e. The van der Waals surface area contributed by atoms with E-state index >= 15 is 0 Å². The van der Waals surface area contributed by atoms with Gasteiger partial charge in [0.05, 0.1) is 6.07 Å². The van der Waals surface area contributed by atoms with E-state index in [4.69, 9.17) is 21.1 Å². The van der Waals surface area contributed by atoms with Gasteiger partial charge in [0, 0.05) is 5.02 Å². The molecule has 7 heteroatoms. The molecule has 150 valence electrons. The molecule has 0 aliphatic heterocycles. The van der Waals surface area contributed by atoms with E-state index in [-0.39, 0.29) is 18.1 Å². The smallest absolute Gasteiger partial charge is 0.342 e. The van der Waals surface area contributed by atoms with Gasteiger partial charge in [0.25, 0.3) is 5.91 Å². The average Bonchev–Trinajstić information content (AvgIpc) is 3.58. The van der Waals surface area contributed by atoms with Crippen LogP contribution >= 0.6 is 11.6 Å². The van der Waals surface area contributed by atoms with Gasteiger partial charge >= 0.3 is 5.97 Å². The molecule has 0 unspecified atom stereocenters. The van der Waals surface area contributed by atoms with Gasteiger partial charge in [-0.2, -0.15) is 5.26 Å². The molecule has 1 saturated carbocycles. The van der Waals surface area contributed by atoms with Crippen LogP contribution in [0.15, 0.2) is 48.5 Å². The summed E-state index contributed by atoms with van der Waals surface area (Å²) in [5.41, 5.74) is 0.190. The third kappa shape index (κ3) is 5.49. The van der Waals surface area contributed by atoms with Crippen molar-refractivity contribution in [1.29, 1.82) is 5.26 Å². The van der Waals surface area contributed by atoms with Gasteiger partial charge in [0.2, 0.25) is 0 Å². The number of rotatable bonds is 8. The number of nitrogens with zero attached hydrogens (tertiary/aromatic N) is 1. The maximum atomic E-state index is 12.4. The van der Waals surface area contributed by atoms with Crippen molar-refractivity contribution in [3.05, 3.63) is 64.7 Å². The molecule has 2 aromatic rings. The Morgan fingerprint density at radius 1 is 1.21 bits per heavy atom. The molecule has 6 nitrogen and oxygen atoms in total. The molecule has 3 rings (SSSR count). The second-order valence-electron chi connectivity index (χ2n) is 7.12. The normalized spacial score (nSPS) is 14.9. The molecule has 2 aromatic carbocycles. The summed E-state index contributed by atoms with van der Waals surface area (Å²) >= 11 is 5.87. The van der Waals surface area contributed by atoms with Crippen molar-refractivity contribution < 1.29 is 19.1 Å². The molecule has 0 spiro atoms. The number of amides is 1. The molecular weight excluding hydrogens is 392 g/mol. The van der Waals surface area contributed by atoms with Gasteiger partial charge < -0.3 is 14.8 Å². The Kier molecular flexibility index (Phi) is 6.40. The van der Waals surface area contributed by atoms with E-state index in [0.717, 1.165) is 18.4 Å². The predicted molar refractivity (Wildman–Crippen MR) is 107 cm³/mol. The fourth-order valence-electron chi connectivity index (χ4n) is 2.92. The van der Waals surface area contributed by atoms with Gasteiger partial charge in [-0.05, 0) is 55.5 Å². The second kappa shape index (κ2) is 8.97. The number of hydrogen-bond acceptors (Lipinski definition) is 5. The molecule has 1 aliphatic carbocycles. The highest BCUT2D eigenvalue weighted by atomic mass is 35.5. The number of ether oxygens (including phenoxy) is 2. The quantitative estimate of drug-likeness (QED) is 0.664. The van der Waals surface area contributed by atoms with E-state index in [1.165, 1.54) is 0 Å². The van der Waals surface area contributed by atoms with E-state index in [1.807, 2.05) is 12.1 Å². The van der Waals surface area contributed by atoms with E-state index in [1.54, 1.807) is 43.3 Å². The van der Waals surface area contributed by atoms with Crippen LogP contribution in [-0.2, 0) is 16.1 Å². The zero-order valence-electron chi connectivity index (χ0n) is 16.0. The molecule has 29 heavy (non-hydrogen) atoms. The summed E-state index contributed by atoms with van der Waals surface area (Å²) in [6.45, 7) is 1.47. The van der Waals surface area contributed by atoms with Crippen molar-refractivity contribution in [3.63, 3.8) is 0 Å². The molecule has 0 radical (unpaired) electrons. The molecular formula is C22H21ClN2O4. The number of para-hydroxylation sites is 1. The zero-order chi connectivity index (χ0) is 20.9. The largest absolute Gasteiger partial charge is 0.488 e. The number of nitrogens with one attached hydrogen (secondary N) is 1. The first-order valence-corrected chi connectivity index (χ1v) is 9.65. The number of esters is 1. The van der Waals surface area contributed by atoms with Crippen molar-refractivity contribution in [1.82, 2.24) is 5.32 Å². The maximum Gasteiger partial charge on any atom is 0.342 e. The number of nitriles is 1. The van der Waals surface area contributed by atoms with Crippen molar-refractivity contribution in [2.45, 2.75) is 31.9 Å². The summed E-state index contributed by atoms with van der Waals surface area (Å²) in [5.74, 6) is -0.673. The van der Waals surface area contributed by atoms with E-state index in [0.29, 0.717) is 10.8 Å². The highest BCUT2D eigenvalue weighted by Gasteiger charge is 2.43. The first-order chi connectivity index (χ1) is 13.9. The van der Waals surface area contributed by atoms with Crippen molar-refractivity contribution >= 4 is 23.5 Å². The molecule has 0 saturated heterocycles. The fraction of sp³-hybridized carbons (Fsp3) is 0.318. The van der Waals surface area contributed by atoms with Gasteiger partial charge in [-0.3, -0.25) is 4.79 Å². The van der Waals surface area contributed by atoms with Crippen LogP contribution < -0.4 is 10.1 Å². The third-order valence-corrected chi connectivity index (χ3v) is 5.03. The lowest BCUT2D eigenvalue weighted by molar-refractivity contribution is -0.125. The topological polar surface area (TPSA) is 88.4 Å². The van der Waals surface area contributed by atoms with Crippen LogP contribution in [0.5, 0.6) is 5.75 Å². The van der Waals surface area contributed by atoms with Gasteiger partial charge in [-0.15, -0.1) is 0 Å². The first-order valence-electron chi connectivity index (χ1n) is 9.27. The summed E-state index contributed by atoms with van der Waals surface area (Å²) in [6, 6.07) is 16.0. The Morgan fingerprint density at radius 3 is 2.55 bits per heavy atom. The number of hydrogen-bond donors (Lipinski definition) is 1. The summed E-state index contributed by atoms with van der Waals surface area (Å²) in [7, 11) is 0. The van der Waals surface area contributed by atoms with E-state index < -0.39 is 24.0 Å². The molecule has 1 amide bonds. The Bertz CT molecular complexity index is 935. The van der Waals surface area contributed by atoms with Crippen LogP contribution in [0.1, 0.15) is 35.7 Å². The first kappa shape index (κ1) is 20.7. The van der Waals surface area contributed by atoms with E-state index in [9.17, 15) is 14.9 Å². The molecule has 1 aliphatic rings. The van der Waals surface area contributed by atoms with Gasteiger partial charge in [0.15, 0.2) is 6.61 Å². The number of benzene rings is 2. The lowest BCUT2D eigenvalue weighted by atomic mass is 9.98. The van der Waals surface area contributed by atoms with Crippen LogP contribution in [0, 0.1) is 17.2 Å². The molecule has 1 N–H and O–H groups in total. The van der Waals surface area contributed by atoms with Crippen molar-refractivity contribution in [2.24, 2.45) is 5.92 Å². The minimum absolute atomic E-state index is 0.147. The average molecular weight is 413 g/mol. The summed E-state index contributed by atoms with van der Waals surface area (Å²) in [6.07, 6.45) is 1.81. The summed E-state index contributed by atoms with van der Waals surface area (Å²) in [4.78, 5) is 24.6. The molecule has 1 atom stereocenters. The van der Waals surface area contributed by atoms with Crippen molar-refractivity contribution in [2.75, 3.05) is 6.61 Å².